The van der Waals surface area contributed by atoms with Crippen molar-refractivity contribution in [2.45, 2.75) is 38.5 Å². The van der Waals surface area contributed by atoms with Crippen molar-refractivity contribution < 1.29 is 36.6 Å². The highest BCUT2D eigenvalue weighted by atomic mass is 19.4. The molecule has 0 saturated carbocycles. The van der Waals surface area contributed by atoms with Crippen LogP contribution in [0.5, 0.6) is 5.75 Å². The largest absolute Gasteiger partial charge is 0.468 e. The molecule has 2 aromatic carbocycles. The number of carbonyl (C=O) groups is 1. The summed E-state index contributed by atoms with van der Waals surface area (Å²) in [5, 5.41) is 2.33. The van der Waals surface area contributed by atoms with E-state index in [0.717, 1.165) is 18.9 Å². The average Bonchev–Trinajstić information content (AvgIpc) is 2.78. The quantitative estimate of drug-likeness (QED) is 0.256. The Labute approximate surface area is 203 Å². The molecule has 0 bridgehead atoms. The lowest BCUT2D eigenvalue weighted by molar-refractivity contribution is -0.164. The van der Waals surface area contributed by atoms with Gasteiger partial charge in [0.2, 0.25) is 0 Å². The van der Waals surface area contributed by atoms with E-state index in [9.17, 15) is 18.0 Å². The van der Waals surface area contributed by atoms with Crippen molar-refractivity contribution in [2.24, 2.45) is 5.92 Å². The van der Waals surface area contributed by atoms with E-state index >= 15 is 4.39 Å². The first-order valence-corrected chi connectivity index (χ1v) is 11.0. The lowest BCUT2D eigenvalue weighted by atomic mass is 9.97. The summed E-state index contributed by atoms with van der Waals surface area (Å²) in [7, 11) is 6.17. The van der Waals surface area contributed by atoms with Crippen LogP contribution in [-0.4, -0.2) is 53.3 Å². The number of nitrogens with one attached hydrogen (secondary N) is 1. The molecule has 0 aliphatic rings. The molecule has 0 aliphatic carbocycles. The van der Waals surface area contributed by atoms with Gasteiger partial charge in [0.25, 0.3) is 0 Å². The molecule has 0 radical (unpaired) electrons. The number of nitrogens with zero attached hydrogens (tertiary/aromatic N) is 1. The standard InChI is InChI=1S/C25H32F4N2O4/c1-15(2)11-21(24(32)34-6)30-23(25(27,28)29)16-7-9-18(20(26)12-16)19-13-17(31(3)4)8-10-22(19)35-14-33-5/h7-10,12-13,15,21,23,30H,11,14H2,1-6H3. The van der Waals surface area contributed by atoms with Gasteiger partial charge in [0.05, 0.1) is 7.11 Å². The van der Waals surface area contributed by atoms with Crippen molar-refractivity contribution in [1.82, 2.24) is 5.32 Å². The number of methoxy groups -OCH3 is 2. The Morgan fingerprint density at radius 2 is 1.74 bits per heavy atom. The van der Waals surface area contributed by atoms with Crippen LogP contribution in [-0.2, 0) is 14.3 Å². The molecule has 0 saturated heterocycles. The normalized spacial score (nSPS) is 13.5. The van der Waals surface area contributed by atoms with Gasteiger partial charge in [-0.2, -0.15) is 13.2 Å². The van der Waals surface area contributed by atoms with Crippen molar-refractivity contribution in [3.8, 4) is 16.9 Å². The van der Waals surface area contributed by atoms with E-state index < -0.39 is 30.0 Å². The Bertz CT molecular complexity index is 996. The number of rotatable bonds is 11. The molecular weight excluding hydrogens is 468 g/mol. The molecule has 2 unspecified atom stereocenters. The van der Waals surface area contributed by atoms with E-state index in [4.69, 9.17) is 9.47 Å². The molecule has 0 amide bonds. The molecular formula is C25H32F4N2O4. The highest BCUT2D eigenvalue weighted by molar-refractivity contribution is 5.76. The maximum Gasteiger partial charge on any atom is 0.407 e. The number of halogens is 4. The maximum absolute atomic E-state index is 15.3. The van der Waals surface area contributed by atoms with Gasteiger partial charge in [0, 0.05) is 38.0 Å². The average molecular weight is 501 g/mol. The van der Waals surface area contributed by atoms with Gasteiger partial charge in [-0.3, -0.25) is 10.1 Å². The van der Waals surface area contributed by atoms with Crippen LogP contribution in [0.1, 0.15) is 31.9 Å². The van der Waals surface area contributed by atoms with Gasteiger partial charge in [-0.1, -0.05) is 26.0 Å². The topological polar surface area (TPSA) is 60.0 Å². The van der Waals surface area contributed by atoms with Gasteiger partial charge in [-0.05, 0) is 42.2 Å². The Kier molecular flexibility index (Phi) is 9.91. The lowest BCUT2D eigenvalue weighted by Crippen LogP contribution is -2.45. The Balaban J connectivity index is 2.51. The number of anilines is 1. The van der Waals surface area contributed by atoms with Crippen LogP contribution >= 0.6 is 0 Å². The first-order chi connectivity index (χ1) is 16.4. The van der Waals surface area contributed by atoms with Gasteiger partial charge in [-0.15, -0.1) is 0 Å². The van der Waals surface area contributed by atoms with Crippen molar-refractivity contribution >= 4 is 11.7 Å². The summed E-state index contributed by atoms with van der Waals surface area (Å²) >= 11 is 0. The molecule has 194 valence electrons. The van der Waals surface area contributed by atoms with E-state index in [1.807, 2.05) is 14.1 Å². The molecule has 2 rings (SSSR count). The molecule has 0 heterocycles. The minimum absolute atomic E-state index is 0.0659. The minimum Gasteiger partial charge on any atom is -0.468 e. The lowest BCUT2D eigenvalue weighted by Gasteiger charge is -2.27. The van der Waals surface area contributed by atoms with E-state index in [1.165, 1.54) is 19.2 Å². The van der Waals surface area contributed by atoms with E-state index in [0.29, 0.717) is 11.3 Å². The molecule has 0 spiro atoms. The number of ether oxygens (including phenoxy) is 3. The second-order valence-corrected chi connectivity index (χ2v) is 8.71. The van der Waals surface area contributed by atoms with Crippen LogP contribution in [0.25, 0.3) is 11.1 Å². The molecule has 0 aliphatic heterocycles. The number of esters is 1. The number of hydrogen-bond donors (Lipinski definition) is 1. The summed E-state index contributed by atoms with van der Waals surface area (Å²) in [6.07, 6.45) is -4.66. The van der Waals surface area contributed by atoms with E-state index in [-0.39, 0.29) is 30.3 Å². The van der Waals surface area contributed by atoms with E-state index in [2.05, 4.69) is 10.1 Å². The summed E-state index contributed by atoms with van der Waals surface area (Å²) in [4.78, 5) is 13.9. The molecule has 35 heavy (non-hydrogen) atoms. The third-order valence-corrected chi connectivity index (χ3v) is 5.32. The van der Waals surface area contributed by atoms with Crippen LogP contribution in [0.3, 0.4) is 0 Å². The van der Waals surface area contributed by atoms with Crippen LogP contribution in [0, 0.1) is 11.7 Å². The molecule has 10 heteroatoms. The minimum atomic E-state index is -4.78. The van der Waals surface area contributed by atoms with Crippen LogP contribution in [0.15, 0.2) is 36.4 Å². The second kappa shape index (κ2) is 12.2. The van der Waals surface area contributed by atoms with Gasteiger partial charge in [0.1, 0.15) is 23.7 Å². The van der Waals surface area contributed by atoms with Crippen molar-refractivity contribution in [3.63, 3.8) is 0 Å². The Morgan fingerprint density at radius 1 is 1.06 bits per heavy atom. The molecule has 1 N–H and O–H groups in total. The summed E-state index contributed by atoms with van der Waals surface area (Å²) in [5.41, 5.74) is 0.814. The zero-order chi connectivity index (χ0) is 26.3. The summed E-state index contributed by atoms with van der Waals surface area (Å²) in [6, 6.07) is 4.90. The third-order valence-electron chi connectivity index (χ3n) is 5.32. The van der Waals surface area contributed by atoms with Crippen molar-refractivity contribution in [1.29, 1.82) is 0 Å². The molecule has 0 fully saturated rings. The Morgan fingerprint density at radius 3 is 2.26 bits per heavy atom. The highest BCUT2D eigenvalue weighted by Crippen LogP contribution is 2.39. The first kappa shape index (κ1) is 28.4. The fourth-order valence-electron chi connectivity index (χ4n) is 3.61. The van der Waals surface area contributed by atoms with Crippen LogP contribution in [0.2, 0.25) is 0 Å². The predicted molar refractivity (Wildman–Crippen MR) is 126 cm³/mol. The smallest absolute Gasteiger partial charge is 0.407 e. The molecule has 2 aromatic rings. The van der Waals surface area contributed by atoms with Crippen LogP contribution in [0.4, 0.5) is 23.2 Å². The van der Waals surface area contributed by atoms with E-state index in [1.54, 1.807) is 36.9 Å². The number of benzene rings is 2. The maximum atomic E-state index is 15.3. The van der Waals surface area contributed by atoms with Gasteiger partial charge in [0.15, 0.2) is 6.79 Å². The summed E-state index contributed by atoms with van der Waals surface area (Å²) in [5.74, 6) is -1.44. The number of hydrogen-bond acceptors (Lipinski definition) is 6. The third kappa shape index (κ3) is 7.57. The van der Waals surface area contributed by atoms with Gasteiger partial charge >= 0.3 is 12.1 Å². The number of carbonyl (C=O) groups excluding carboxylic acids is 1. The first-order valence-electron chi connectivity index (χ1n) is 11.0. The Hall–Kier alpha value is -2.85. The zero-order valence-electron chi connectivity index (χ0n) is 20.7. The highest BCUT2D eigenvalue weighted by Gasteiger charge is 2.43. The predicted octanol–water partition coefficient (Wildman–Crippen LogP) is 5.32. The number of alkyl halides is 3. The zero-order valence-corrected chi connectivity index (χ0v) is 20.7. The summed E-state index contributed by atoms with van der Waals surface area (Å²) < 4.78 is 72.4. The SMILES string of the molecule is COCOc1ccc(N(C)C)cc1-c1ccc(C(NC(CC(C)C)C(=O)OC)C(F)(F)F)cc1F. The van der Waals surface area contributed by atoms with Crippen LogP contribution < -0.4 is 15.0 Å². The fourth-order valence-corrected chi connectivity index (χ4v) is 3.61. The van der Waals surface area contributed by atoms with Gasteiger partial charge < -0.3 is 19.1 Å². The second-order valence-electron chi connectivity index (χ2n) is 8.71. The van der Waals surface area contributed by atoms with Crippen molar-refractivity contribution in [2.75, 3.05) is 40.0 Å². The van der Waals surface area contributed by atoms with Gasteiger partial charge in [-0.25, -0.2) is 4.39 Å². The molecule has 0 aromatic heterocycles. The monoisotopic (exact) mass is 500 g/mol. The fraction of sp³-hybridized carbons (Fsp3) is 0.480. The molecule has 2 atom stereocenters. The summed E-state index contributed by atoms with van der Waals surface area (Å²) in [6.45, 7) is 3.47. The van der Waals surface area contributed by atoms with Crippen molar-refractivity contribution in [3.05, 3.63) is 47.8 Å². The molecule has 6 nitrogen and oxygen atoms in total.